The highest BCUT2D eigenvalue weighted by atomic mass is 16.3. The van der Waals surface area contributed by atoms with E-state index >= 15 is 0 Å². The molecule has 1 aromatic heterocycles. The fourth-order valence-corrected chi connectivity index (χ4v) is 1.61. The van der Waals surface area contributed by atoms with Crippen molar-refractivity contribution >= 4 is 16.9 Å². The molecule has 2 aromatic rings. The topological polar surface area (TPSA) is 55.1 Å². The second kappa shape index (κ2) is 3.47. The average molecular weight is 204 g/mol. The molecule has 78 valence electrons. The van der Waals surface area contributed by atoms with Crippen molar-refractivity contribution in [2.24, 2.45) is 0 Å². The van der Waals surface area contributed by atoms with Gasteiger partial charge in [-0.3, -0.25) is 9.36 Å². The average Bonchev–Trinajstić information content (AvgIpc) is 2.52. The number of fused-ring (bicyclic) bond motifs is 1. The van der Waals surface area contributed by atoms with Gasteiger partial charge in [-0.05, 0) is 26.0 Å². The summed E-state index contributed by atoms with van der Waals surface area (Å²) in [6.07, 6.45) is -1.01. The molecule has 1 atom stereocenters. The second-order valence-corrected chi connectivity index (χ2v) is 3.50. The third kappa shape index (κ3) is 1.53. The highest BCUT2D eigenvalue weighted by Crippen LogP contribution is 2.15. The number of hydrogen-bond acceptors (Lipinski definition) is 3. The molecule has 0 aliphatic carbocycles. The summed E-state index contributed by atoms with van der Waals surface area (Å²) in [5.41, 5.74) is 1.50. The Bertz CT molecular complexity index is 514. The SMILES string of the molecule is Cc1nc2ccccc2n1C(=O)C(C)O. The van der Waals surface area contributed by atoms with Gasteiger partial charge in [-0.1, -0.05) is 12.1 Å². The standard InChI is InChI=1S/C11H12N2O2/c1-7(14)11(15)13-8(2)12-9-5-3-4-6-10(9)13/h3-7,14H,1-2H3. The molecule has 1 heterocycles. The zero-order valence-electron chi connectivity index (χ0n) is 8.64. The molecule has 0 radical (unpaired) electrons. The molecule has 0 aliphatic rings. The quantitative estimate of drug-likeness (QED) is 0.763. The third-order valence-corrected chi connectivity index (χ3v) is 2.31. The van der Waals surface area contributed by atoms with Crippen LogP contribution in [0.15, 0.2) is 24.3 Å². The fraction of sp³-hybridized carbons (Fsp3) is 0.273. The third-order valence-electron chi connectivity index (χ3n) is 2.31. The van der Waals surface area contributed by atoms with E-state index in [1.54, 1.807) is 6.92 Å². The maximum Gasteiger partial charge on any atom is 0.261 e. The molecule has 4 nitrogen and oxygen atoms in total. The lowest BCUT2D eigenvalue weighted by Crippen LogP contribution is -2.24. The largest absolute Gasteiger partial charge is 0.384 e. The number of imidazole rings is 1. The van der Waals surface area contributed by atoms with Crippen LogP contribution in [0.2, 0.25) is 0 Å². The van der Waals surface area contributed by atoms with Gasteiger partial charge in [0.1, 0.15) is 11.9 Å². The number of aryl methyl sites for hydroxylation is 1. The highest BCUT2D eigenvalue weighted by molar-refractivity contribution is 5.93. The molecular weight excluding hydrogens is 192 g/mol. The summed E-state index contributed by atoms with van der Waals surface area (Å²) < 4.78 is 1.44. The van der Waals surface area contributed by atoms with E-state index in [-0.39, 0.29) is 5.91 Å². The van der Waals surface area contributed by atoms with Crippen LogP contribution >= 0.6 is 0 Å². The van der Waals surface area contributed by atoms with Crippen molar-refractivity contribution in [1.82, 2.24) is 9.55 Å². The van der Waals surface area contributed by atoms with Crippen LogP contribution in [0.5, 0.6) is 0 Å². The first-order valence-corrected chi connectivity index (χ1v) is 4.77. The van der Waals surface area contributed by atoms with Crippen LogP contribution in [0.3, 0.4) is 0 Å². The van der Waals surface area contributed by atoms with Gasteiger partial charge < -0.3 is 5.11 Å². The molecular formula is C11H12N2O2. The Morgan fingerprint density at radius 1 is 1.47 bits per heavy atom. The minimum atomic E-state index is -1.01. The van der Waals surface area contributed by atoms with Crippen LogP contribution < -0.4 is 0 Å². The monoisotopic (exact) mass is 204 g/mol. The van der Waals surface area contributed by atoms with E-state index in [1.165, 1.54) is 11.5 Å². The predicted molar refractivity (Wildman–Crippen MR) is 56.8 cm³/mol. The van der Waals surface area contributed by atoms with Gasteiger partial charge in [0.05, 0.1) is 11.0 Å². The molecule has 0 fully saturated rings. The first-order valence-electron chi connectivity index (χ1n) is 4.77. The van der Waals surface area contributed by atoms with E-state index in [1.807, 2.05) is 24.3 Å². The lowest BCUT2D eigenvalue weighted by molar-refractivity contribution is 0.0690. The predicted octanol–water partition coefficient (Wildman–Crippen LogP) is 1.37. The summed E-state index contributed by atoms with van der Waals surface area (Å²) in [4.78, 5) is 16.0. The summed E-state index contributed by atoms with van der Waals surface area (Å²) in [5, 5.41) is 9.28. The Hall–Kier alpha value is -1.68. The van der Waals surface area contributed by atoms with Crippen molar-refractivity contribution in [3.8, 4) is 0 Å². The van der Waals surface area contributed by atoms with E-state index in [4.69, 9.17) is 0 Å². The normalized spacial score (nSPS) is 13.0. The van der Waals surface area contributed by atoms with Crippen LogP contribution in [0.1, 0.15) is 17.5 Å². The van der Waals surface area contributed by atoms with Crippen LogP contribution in [0, 0.1) is 6.92 Å². The van der Waals surface area contributed by atoms with Crippen LogP contribution in [0.25, 0.3) is 11.0 Å². The maximum atomic E-state index is 11.7. The van der Waals surface area contributed by atoms with Crippen molar-refractivity contribution in [1.29, 1.82) is 0 Å². The number of carbonyl (C=O) groups excluding carboxylic acids is 1. The molecule has 1 aromatic carbocycles. The Balaban J connectivity index is 2.69. The van der Waals surface area contributed by atoms with Crippen LogP contribution in [-0.4, -0.2) is 26.7 Å². The maximum absolute atomic E-state index is 11.7. The number of aliphatic hydroxyl groups excluding tert-OH is 1. The van der Waals surface area contributed by atoms with Crippen LogP contribution in [0.4, 0.5) is 0 Å². The van der Waals surface area contributed by atoms with Crippen molar-refractivity contribution in [3.63, 3.8) is 0 Å². The van der Waals surface area contributed by atoms with Crippen LogP contribution in [-0.2, 0) is 0 Å². The van der Waals surface area contributed by atoms with Gasteiger partial charge in [-0.15, -0.1) is 0 Å². The van der Waals surface area contributed by atoms with Gasteiger partial charge in [-0.2, -0.15) is 0 Å². The molecule has 0 bridgehead atoms. The Morgan fingerprint density at radius 2 is 2.13 bits per heavy atom. The van der Waals surface area contributed by atoms with Gasteiger partial charge in [-0.25, -0.2) is 4.98 Å². The van der Waals surface area contributed by atoms with Crippen molar-refractivity contribution < 1.29 is 9.90 Å². The second-order valence-electron chi connectivity index (χ2n) is 3.50. The lowest BCUT2D eigenvalue weighted by atomic mass is 10.3. The minimum Gasteiger partial charge on any atom is -0.384 e. The number of benzene rings is 1. The molecule has 2 rings (SSSR count). The fourth-order valence-electron chi connectivity index (χ4n) is 1.61. The molecule has 1 N–H and O–H groups in total. The molecule has 0 saturated carbocycles. The Morgan fingerprint density at radius 3 is 2.80 bits per heavy atom. The molecule has 15 heavy (non-hydrogen) atoms. The van der Waals surface area contributed by atoms with E-state index in [2.05, 4.69) is 4.98 Å². The number of para-hydroxylation sites is 2. The van der Waals surface area contributed by atoms with E-state index in [0.717, 1.165) is 11.0 Å². The zero-order chi connectivity index (χ0) is 11.0. The number of carbonyl (C=O) groups is 1. The molecule has 0 amide bonds. The lowest BCUT2D eigenvalue weighted by Gasteiger charge is -2.06. The van der Waals surface area contributed by atoms with Gasteiger partial charge in [0, 0.05) is 0 Å². The number of hydrogen-bond donors (Lipinski definition) is 1. The van der Waals surface area contributed by atoms with E-state index < -0.39 is 6.10 Å². The first kappa shape index (κ1) is 9.86. The molecule has 4 heteroatoms. The summed E-state index contributed by atoms with van der Waals surface area (Å²) in [6, 6.07) is 7.37. The van der Waals surface area contributed by atoms with Crippen molar-refractivity contribution in [2.75, 3.05) is 0 Å². The van der Waals surface area contributed by atoms with Crippen molar-refractivity contribution in [2.45, 2.75) is 20.0 Å². The Labute approximate surface area is 87.2 Å². The summed E-state index contributed by atoms with van der Waals surface area (Å²) >= 11 is 0. The summed E-state index contributed by atoms with van der Waals surface area (Å²) in [7, 11) is 0. The van der Waals surface area contributed by atoms with Gasteiger partial charge in [0.2, 0.25) is 0 Å². The molecule has 1 unspecified atom stereocenters. The number of rotatable bonds is 1. The number of aromatic nitrogens is 2. The minimum absolute atomic E-state index is 0.346. The summed E-state index contributed by atoms with van der Waals surface area (Å²) in [6.45, 7) is 3.21. The molecule has 0 saturated heterocycles. The summed E-state index contributed by atoms with van der Waals surface area (Å²) in [5.74, 6) is 0.253. The molecule has 0 aliphatic heterocycles. The Kier molecular flexibility index (Phi) is 2.28. The van der Waals surface area contributed by atoms with E-state index in [9.17, 15) is 9.90 Å². The van der Waals surface area contributed by atoms with Gasteiger partial charge in [0.15, 0.2) is 0 Å². The van der Waals surface area contributed by atoms with Gasteiger partial charge >= 0.3 is 0 Å². The van der Waals surface area contributed by atoms with Gasteiger partial charge in [0.25, 0.3) is 5.91 Å². The smallest absolute Gasteiger partial charge is 0.261 e. The van der Waals surface area contributed by atoms with E-state index in [0.29, 0.717) is 5.82 Å². The first-order chi connectivity index (χ1) is 7.11. The molecule has 0 spiro atoms. The number of nitrogens with zero attached hydrogens (tertiary/aromatic N) is 2. The number of aliphatic hydroxyl groups is 1. The zero-order valence-corrected chi connectivity index (χ0v) is 8.64. The van der Waals surface area contributed by atoms with Crippen molar-refractivity contribution in [3.05, 3.63) is 30.1 Å². The highest BCUT2D eigenvalue weighted by Gasteiger charge is 2.17.